The van der Waals surface area contributed by atoms with Crippen LogP contribution in [0.1, 0.15) is 11.1 Å². The number of rotatable bonds is 6. The van der Waals surface area contributed by atoms with Crippen LogP contribution in [-0.2, 0) is 27.8 Å². The molecule has 8 heteroatoms. The second-order valence-corrected chi connectivity index (χ2v) is 7.79. The first-order chi connectivity index (χ1) is 12.5. The van der Waals surface area contributed by atoms with E-state index in [-0.39, 0.29) is 6.54 Å². The molecule has 2 aromatic carbocycles. The van der Waals surface area contributed by atoms with Crippen molar-refractivity contribution in [1.29, 1.82) is 0 Å². The van der Waals surface area contributed by atoms with Gasteiger partial charge in [0.1, 0.15) is 11.6 Å². The van der Waals surface area contributed by atoms with Crippen molar-refractivity contribution in [2.45, 2.75) is 18.0 Å². The molecule has 0 unspecified atom stereocenters. The van der Waals surface area contributed by atoms with Gasteiger partial charge in [-0.2, -0.15) is 0 Å². The number of hydrogen-bond donors (Lipinski definition) is 1. The summed E-state index contributed by atoms with van der Waals surface area (Å²) in [5.41, 5.74) is 1.76. The lowest BCUT2D eigenvalue weighted by molar-refractivity contribution is 0.0342. The number of benzene rings is 2. The maximum absolute atomic E-state index is 13.7. The Morgan fingerprint density at radius 2 is 1.62 bits per heavy atom. The summed E-state index contributed by atoms with van der Waals surface area (Å²) < 4.78 is 59.5. The maximum atomic E-state index is 13.7. The molecule has 1 saturated heterocycles. The molecule has 0 bridgehead atoms. The minimum absolute atomic E-state index is 0.0486. The summed E-state index contributed by atoms with van der Waals surface area (Å²) in [5, 5.41) is 0. The van der Waals surface area contributed by atoms with Crippen molar-refractivity contribution in [3.63, 3.8) is 0 Å². The number of hydrogen-bond acceptors (Lipinski definition) is 4. The van der Waals surface area contributed by atoms with Crippen LogP contribution in [0.2, 0.25) is 0 Å². The van der Waals surface area contributed by atoms with Gasteiger partial charge in [0.2, 0.25) is 10.0 Å². The van der Waals surface area contributed by atoms with Gasteiger partial charge < -0.3 is 4.74 Å². The first-order valence-electron chi connectivity index (χ1n) is 8.27. The minimum Gasteiger partial charge on any atom is -0.379 e. The molecule has 1 fully saturated rings. The highest BCUT2D eigenvalue weighted by Crippen LogP contribution is 2.18. The number of halogens is 2. The lowest BCUT2D eigenvalue weighted by Crippen LogP contribution is -2.35. The SMILES string of the molecule is O=S(=O)(NCc1cccc(CN2CCOCC2)c1)c1c(F)cccc1F. The van der Waals surface area contributed by atoms with Crippen molar-refractivity contribution in [3.8, 4) is 0 Å². The lowest BCUT2D eigenvalue weighted by atomic mass is 10.1. The summed E-state index contributed by atoms with van der Waals surface area (Å²) in [6, 6.07) is 10.4. The van der Waals surface area contributed by atoms with E-state index in [1.165, 1.54) is 0 Å². The van der Waals surface area contributed by atoms with Crippen LogP contribution in [0.15, 0.2) is 47.4 Å². The Morgan fingerprint density at radius 3 is 2.31 bits per heavy atom. The lowest BCUT2D eigenvalue weighted by Gasteiger charge is -2.26. The van der Waals surface area contributed by atoms with E-state index in [1.54, 1.807) is 6.07 Å². The molecular formula is C18H20F2N2O3S. The predicted molar refractivity (Wildman–Crippen MR) is 92.9 cm³/mol. The van der Waals surface area contributed by atoms with Crippen molar-refractivity contribution >= 4 is 10.0 Å². The van der Waals surface area contributed by atoms with Crippen molar-refractivity contribution in [2.75, 3.05) is 26.3 Å². The molecule has 1 aliphatic heterocycles. The standard InChI is InChI=1S/C18H20F2N2O3S/c19-16-5-2-6-17(20)18(16)26(23,24)21-12-14-3-1-4-15(11-14)13-22-7-9-25-10-8-22/h1-6,11,21H,7-10,12-13H2. The summed E-state index contributed by atoms with van der Waals surface area (Å²) in [4.78, 5) is 1.30. The van der Waals surface area contributed by atoms with E-state index in [9.17, 15) is 17.2 Å². The second kappa shape index (κ2) is 8.22. The molecule has 3 rings (SSSR count). The second-order valence-electron chi connectivity index (χ2n) is 6.08. The molecule has 0 amide bonds. The van der Waals surface area contributed by atoms with E-state index in [0.717, 1.165) is 49.0 Å². The average molecular weight is 382 g/mol. The zero-order valence-corrected chi connectivity index (χ0v) is 14.9. The van der Waals surface area contributed by atoms with Crippen LogP contribution in [0.3, 0.4) is 0 Å². The van der Waals surface area contributed by atoms with Gasteiger partial charge in [0.15, 0.2) is 4.90 Å². The molecule has 0 radical (unpaired) electrons. The highest BCUT2D eigenvalue weighted by Gasteiger charge is 2.23. The maximum Gasteiger partial charge on any atom is 0.246 e. The van der Waals surface area contributed by atoms with Crippen LogP contribution >= 0.6 is 0 Å². The van der Waals surface area contributed by atoms with E-state index in [1.807, 2.05) is 18.2 Å². The third-order valence-electron chi connectivity index (χ3n) is 4.16. The number of nitrogens with zero attached hydrogens (tertiary/aromatic N) is 1. The van der Waals surface area contributed by atoms with E-state index >= 15 is 0 Å². The summed E-state index contributed by atoms with van der Waals surface area (Å²) in [7, 11) is -4.29. The molecular weight excluding hydrogens is 362 g/mol. The Labute approximate surface area is 151 Å². The van der Waals surface area contributed by atoms with E-state index < -0.39 is 26.6 Å². The zero-order chi connectivity index (χ0) is 18.6. The van der Waals surface area contributed by atoms with Crippen LogP contribution in [0.25, 0.3) is 0 Å². The molecule has 0 spiro atoms. The van der Waals surface area contributed by atoms with Crippen molar-refractivity contribution in [1.82, 2.24) is 9.62 Å². The summed E-state index contributed by atoms with van der Waals surface area (Å²) >= 11 is 0. The smallest absolute Gasteiger partial charge is 0.246 e. The Bertz CT molecular complexity index is 848. The largest absolute Gasteiger partial charge is 0.379 e. The third kappa shape index (κ3) is 4.64. The van der Waals surface area contributed by atoms with Crippen LogP contribution in [0.5, 0.6) is 0 Å². The minimum atomic E-state index is -4.29. The van der Waals surface area contributed by atoms with Crippen LogP contribution in [-0.4, -0.2) is 39.6 Å². The third-order valence-corrected chi connectivity index (χ3v) is 5.61. The fraction of sp³-hybridized carbons (Fsp3) is 0.333. The molecule has 0 atom stereocenters. The highest BCUT2D eigenvalue weighted by molar-refractivity contribution is 7.89. The number of sulfonamides is 1. The molecule has 0 aliphatic carbocycles. The number of nitrogens with one attached hydrogen (secondary N) is 1. The molecule has 140 valence electrons. The molecule has 1 N–H and O–H groups in total. The normalized spacial score (nSPS) is 15.9. The van der Waals surface area contributed by atoms with Crippen LogP contribution in [0.4, 0.5) is 8.78 Å². The number of morpholine rings is 1. The average Bonchev–Trinajstić information content (AvgIpc) is 2.61. The number of ether oxygens (including phenoxy) is 1. The molecule has 1 aliphatic rings. The zero-order valence-electron chi connectivity index (χ0n) is 14.1. The van der Waals surface area contributed by atoms with Gasteiger partial charge in [-0.05, 0) is 23.3 Å². The Balaban J connectivity index is 1.68. The summed E-state index contributed by atoms with van der Waals surface area (Å²) in [6.07, 6.45) is 0. The van der Waals surface area contributed by atoms with Crippen molar-refractivity contribution in [3.05, 3.63) is 65.2 Å². The van der Waals surface area contributed by atoms with Gasteiger partial charge in [0.25, 0.3) is 0 Å². The van der Waals surface area contributed by atoms with Gasteiger partial charge in [-0.15, -0.1) is 0 Å². The Morgan fingerprint density at radius 1 is 1.00 bits per heavy atom. The van der Waals surface area contributed by atoms with Crippen molar-refractivity contribution < 1.29 is 21.9 Å². The summed E-state index contributed by atoms with van der Waals surface area (Å²) in [6.45, 7) is 3.80. The van der Waals surface area contributed by atoms with E-state index in [2.05, 4.69) is 9.62 Å². The quantitative estimate of drug-likeness (QED) is 0.833. The molecule has 1 heterocycles. The first kappa shape index (κ1) is 18.9. The molecule has 5 nitrogen and oxygen atoms in total. The molecule has 26 heavy (non-hydrogen) atoms. The van der Waals surface area contributed by atoms with E-state index in [0.29, 0.717) is 13.2 Å². The van der Waals surface area contributed by atoms with Gasteiger partial charge in [-0.3, -0.25) is 4.90 Å². The van der Waals surface area contributed by atoms with Gasteiger partial charge in [0, 0.05) is 26.2 Å². The van der Waals surface area contributed by atoms with E-state index in [4.69, 9.17) is 4.74 Å². The van der Waals surface area contributed by atoms with Gasteiger partial charge in [-0.25, -0.2) is 21.9 Å². The van der Waals surface area contributed by atoms with Crippen LogP contribution in [0, 0.1) is 11.6 Å². The Hall–Kier alpha value is -1.87. The molecule has 0 saturated carbocycles. The van der Waals surface area contributed by atoms with Crippen molar-refractivity contribution in [2.24, 2.45) is 0 Å². The topological polar surface area (TPSA) is 58.6 Å². The Kier molecular flexibility index (Phi) is 5.98. The molecule has 0 aromatic heterocycles. The fourth-order valence-electron chi connectivity index (χ4n) is 2.85. The van der Waals surface area contributed by atoms with Gasteiger partial charge in [0.05, 0.1) is 13.2 Å². The highest BCUT2D eigenvalue weighted by atomic mass is 32.2. The fourth-order valence-corrected chi connectivity index (χ4v) is 4.00. The molecule has 2 aromatic rings. The van der Waals surface area contributed by atoms with Gasteiger partial charge >= 0.3 is 0 Å². The summed E-state index contributed by atoms with van der Waals surface area (Å²) in [5.74, 6) is -2.22. The van der Waals surface area contributed by atoms with Gasteiger partial charge in [-0.1, -0.05) is 30.3 Å². The van der Waals surface area contributed by atoms with Crippen LogP contribution < -0.4 is 4.72 Å². The first-order valence-corrected chi connectivity index (χ1v) is 9.75. The predicted octanol–water partition coefficient (Wildman–Crippen LogP) is 2.28. The monoisotopic (exact) mass is 382 g/mol.